The fourth-order valence-electron chi connectivity index (χ4n) is 3.33. The Bertz CT molecular complexity index is 185. The van der Waals surface area contributed by atoms with Gasteiger partial charge in [0.25, 0.3) is 0 Å². The summed E-state index contributed by atoms with van der Waals surface area (Å²) in [5.41, 5.74) is 0. The van der Waals surface area contributed by atoms with Gasteiger partial charge in [-0.3, -0.25) is 4.90 Å². The second kappa shape index (κ2) is 8.10. The summed E-state index contributed by atoms with van der Waals surface area (Å²) in [6.07, 6.45) is 8.07. The molecule has 1 aliphatic heterocycles. The monoisotopic (exact) mass is 240 g/mol. The zero-order chi connectivity index (χ0) is 12.7. The minimum atomic E-state index is 0.683. The standard InChI is InChI=1S/C15H32N2/c1-5-8-14(16-4)15(7-3)17-11-9-13(6-2)10-12-17/h13-16H,5-12H2,1-4H3. The van der Waals surface area contributed by atoms with E-state index in [-0.39, 0.29) is 0 Å². The van der Waals surface area contributed by atoms with Gasteiger partial charge in [0.15, 0.2) is 0 Å². The summed E-state index contributed by atoms with van der Waals surface area (Å²) >= 11 is 0. The number of likely N-dealkylation sites (tertiary alicyclic amines) is 1. The van der Waals surface area contributed by atoms with Crippen LogP contribution >= 0.6 is 0 Å². The van der Waals surface area contributed by atoms with Gasteiger partial charge in [0.1, 0.15) is 0 Å². The van der Waals surface area contributed by atoms with Crippen molar-refractivity contribution in [1.29, 1.82) is 0 Å². The Morgan fingerprint density at radius 2 is 1.82 bits per heavy atom. The van der Waals surface area contributed by atoms with Gasteiger partial charge in [0.05, 0.1) is 0 Å². The normalized spacial score (nSPS) is 22.6. The molecule has 17 heavy (non-hydrogen) atoms. The molecule has 0 amide bonds. The molecule has 0 radical (unpaired) electrons. The van der Waals surface area contributed by atoms with Gasteiger partial charge in [-0.2, -0.15) is 0 Å². The molecule has 1 heterocycles. The van der Waals surface area contributed by atoms with E-state index in [1.54, 1.807) is 0 Å². The third-order valence-corrected chi connectivity index (χ3v) is 4.55. The SMILES string of the molecule is CCCC(NC)C(CC)N1CCC(CC)CC1. The van der Waals surface area contributed by atoms with E-state index in [2.05, 4.69) is 38.0 Å². The average molecular weight is 240 g/mol. The molecule has 0 spiro atoms. The second-order valence-corrected chi connectivity index (χ2v) is 5.55. The minimum absolute atomic E-state index is 0.683. The maximum atomic E-state index is 3.53. The highest BCUT2D eigenvalue weighted by Crippen LogP contribution is 2.24. The van der Waals surface area contributed by atoms with Crippen molar-refractivity contribution >= 4 is 0 Å². The first-order valence-electron chi connectivity index (χ1n) is 7.68. The first-order chi connectivity index (χ1) is 8.26. The summed E-state index contributed by atoms with van der Waals surface area (Å²) in [6.45, 7) is 9.61. The predicted octanol–water partition coefficient (Wildman–Crippen LogP) is 3.28. The topological polar surface area (TPSA) is 15.3 Å². The number of likely N-dealkylation sites (N-methyl/N-ethyl adjacent to an activating group) is 1. The lowest BCUT2D eigenvalue weighted by Crippen LogP contribution is -2.51. The Kier molecular flexibility index (Phi) is 7.14. The fraction of sp³-hybridized carbons (Fsp3) is 1.00. The second-order valence-electron chi connectivity index (χ2n) is 5.55. The zero-order valence-corrected chi connectivity index (χ0v) is 12.3. The van der Waals surface area contributed by atoms with Crippen LogP contribution in [0.15, 0.2) is 0 Å². The van der Waals surface area contributed by atoms with Crippen molar-refractivity contribution in [2.75, 3.05) is 20.1 Å². The van der Waals surface area contributed by atoms with Crippen molar-refractivity contribution in [2.45, 2.75) is 71.4 Å². The number of piperidine rings is 1. The highest BCUT2D eigenvalue weighted by atomic mass is 15.2. The molecule has 1 rings (SSSR count). The van der Waals surface area contributed by atoms with E-state index < -0.39 is 0 Å². The lowest BCUT2D eigenvalue weighted by molar-refractivity contribution is 0.101. The maximum absolute atomic E-state index is 3.53. The van der Waals surface area contributed by atoms with Gasteiger partial charge in [0.2, 0.25) is 0 Å². The van der Waals surface area contributed by atoms with Crippen LogP contribution in [-0.4, -0.2) is 37.1 Å². The molecule has 2 heteroatoms. The number of nitrogens with one attached hydrogen (secondary N) is 1. The number of hydrogen-bond acceptors (Lipinski definition) is 2. The van der Waals surface area contributed by atoms with E-state index in [1.807, 2.05) is 0 Å². The van der Waals surface area contributed by atoms with E-state index in [0.717, 1.165) is 12.0 Å². The molecular weight excluding hydrogens is 208 g/mol. The van der Waals surface area contributed by atoms with Gasteiger partial charge in [0, 0.05) is 12.1 Å². The number of nitrogens with zero attached hydrogens (tertiary/aromatic N) is 1. The van der Waals surface area contributed by atoms with Crippen LogP contribution in [0.1, 0.15) is 59.3 Å². The third kappa shape index (κ3) is 4.26. The van der Waals surface area contributed by atoms with Crippen molar-refractivity contribution in [1.82, 2.24) is 10.2 Å². The highest BCUT2D eigenvalue weighted by Gasteiger charge is 2.27. The summed E-state index contributed by atoms with van der Waals surface area (Å²) in [7, 11) is 2.13. The molecule has 0 bridgehead atoms. The average Bonchev–Trinajstić information content (AvgIpc) is 2.39. The summed E-state index contributed by atoms with van der Waals surface area (Å²) in [4.78, 5) is 2.74. The van der Waals surface area contributed by atoms with Gasteiger partial charge < -0.3 is 5.32 Å². The molecule has 0 aromatic rings. The van der Waals surface area contributed by atoms with E-state index >= 15 is 0 Å². The lowest BCUT2D eigenvalue weighted by atomic mass is 9.91. The van der Waals surface area contributed by atoms with Crippen LogP contribution in [0.3, 0.4) is 0 Å². The molecule has 2 unspecified atom stereocenters. The molecule has 2 nitrogen and oxygen atoms in total. The van der Waals surface area contributed by atoms with Crippen molar-refractivity contribution in [2.24, 2.45) is 5.92 Å². The lowest BCUT2D eigenvalue weighted by Gasteiger charge is -2.40. The van der Waals surface area contributed by atoms with Crippen LogP contribution in [0.4, 0.5) is 0 Å². The Morgan fingerprint density at radius 3 is 2.24 bits per heavy atom. The molecule has 1 N–H and O–H groups in total. The van der Waals surface area contributed by atoms with E-state index in [4.69, 9.17) is 0 Å². The Hall–Kier alpha value is -0.0800. The molecule has 1 saturated heterocycles. The first kappa shape index (κ1) is 15.0. The number of hydrogen-bond donors (Lipinski definition) is 1. The Balaban J connectivity index is 2.49. The zero-order valence-electron chi connectivity index (χ0n) is 12.3. The molecule has 0 saturated carbocycles. The first-order valence-corrected chi connectivity index (χ1v) is 7.68. The Labute approximate surface area is 108 Å². The van der Waals surface area contributed by atoms with Gasteiger partial charge in [-0.05, 0) is 51.7 Å². The predicted molar refractivity (Wildman–Crippen MR) is 76.4 cm³/mol. The molecule has 1 aliphatic rings. The van der Waals surface area contributed by atoms with Gasteiger partial charge in [-0.15, -0.1) is 0 Å². The molecule has 102 valence electrons. The molecule has 0 aromatic heterocycles. The van der Waals surface area contributed by atoms with Gasteiger partial charge in [-0.25, -0.2) is 0 Å². The molecule has 0 aromatic carbocycles. The molecule has 1 fully saturated rings. The van der Waals surface area contributed by atoms with Crippen molar-refractivity contribution in [3.63, 3.8) is 0 Å². The summed E-state index contributed by atoms with van der Waals surface area (Å²) in [6, 6.07) is 1.43. The molecule has 2 atom stereocenters. The van der Waals surface area contributed by atoms with Crippen LogP contribution in [0.2, 0.25) is 0 Å². The summed E-state index contributed by atoms with van der Waals surface area (Å²) in [5.74, 6) is 0.989. The van der Waals surface area contributed by atoms with Gasteiger partial charge >= 0.3 is 0 Å². The van der Waals surface area contributed by atoms with E-state index in [9.17, 15) is 0 Å². The van der Waals surface area contributed by atoms with Crippen LogP contribution in [0.5, 0.6) is 0 Å². The van der Waals surface area contributed by atoms with Crippen LogP contribution in [-0.2, 0) is 0 Å². The maximum Gasteiger partial charge on any atom is 0.0246 e. The van der Waals surface area contributed by atoms with E-state index in [1.165, 1.54) is 51.6 Å². The van der Waals surface area contributed by atoms with Crippen molar-refractivity contribution < 1.29 is 0 Å². The molecule has 0 aliphatic carbocycles. The molecular formula is C15H32N2. The fourth-order valence-corrected chi connectivity index (χ4v) is 3.33. The van der Waals surface area contributed by atoms with Crippen molar-refractivity contribution in [3.8, 4) is 0 Å². The largest absolute Gasteiger partial charge is 0.315 e. The summed E-state index contributed by atoms with van der Waals surface area (Å²) in [5, 5.41) is 3.53. The van der Waals surface area contributed by atoms with Crippen LogP contribution in [0.25, 0.3) is 0 Å². The highest BCUT2D eigenvalue weighted by molar-refractivity contribution is 4.85. The van der Waals surface area contributed by atoms with Crippen LogP contribution in [0, 0.1) is 5.92 Å². The van der Waals surface area contributed by atoms with E-state index in [0.29, 0.717) is 6.04 Å². The Morgan fingerprint density at radius 1 is 1.18 bits per heavy atom. The summed E-state index contributed by atoms with van der Waals surface area (Å²) < 4.78 is 0. The minimum Gasteiger partial charge on any atom is -0.315 e. The van der Waals surface area contributed by atoms with Crippen LogP contribution < -0.4 is 5.32 Å². The smallest absolute Gasteiger partial charge is 0.0246 e. The number of rotatable bonds is 7. The van der Waals surface area contributed by atoms with Crippen molar-refractivity contribution in [3.05, 3.63) is 0 Å². The third-order valence-electron chi connectivity index (χ3n) is 4.55. The van der Waals surface area contributed by atoms with Gasteiger partial charge in [-0.1, -0.05) is 33.6 Å². The quantitative estimate of drug-likeness (QED) is 0.735.